The van der Waals surface area contributed by atoms with E-state index in [9.17, 15) is 0 Å². The van der Waals surface area contributed by atoms with Gasteiger partial charge in [0.15, 0.2) is 0 Å². The van der Waals surface area contributed by atoms with Crippen molar-refractivity contribution in [2.24, 2.45) is 0 Å². The first-order chi connectivity index (χ1) is 15.2. The van der Waals surface area contributed by atoms with E-state index in [-0.39, 0.29) is 5.41 Å². The summed E-state index contributed by atoms with van der Waals surface area (Å²) in [7, 11) is 0. The fourth-order valence-corrected chi connectivity index (χ4v) is 4.35. The summed E-state index contributed by atoms with van der Waals surface area (Å²) < 4.78 is 6.08. The van der Waals surface area contributed by atoms with Gasteiger partial charge in [0.25, 0.3) is 0 Å². The van der Waals surface area contributed by atoms with E-state index in [1.165, 1.54) is 29.5 Å². The van der Waals surface area contributed by atoms with Gasteiger partial charge in [-0.05, 0) is 78.9 Å². The van der Waals surface area contributed by atoms with Crippen LogP contribution in [0, 0.1) is 0 Å². The normalized spacial score (nSPS) is 16.2. The summed E-state index contributed by atoms with van der Waals surface area (Å²) in [5.74, 6) is 1.71. The van der Waals surface area contributed by atoms with Gasteiger partial charge in [0.2, 0.25) is 0 Å². The van der Waals surface area contributed by atoms with Crippen LogP contribution in [0.4, 0.5) is 5.69 Å². The lowest BCUT2D eigenvalue weighted by Crippen LogP contribution is -2.26. The molecule has 1 heterocycles. The van der Waals surface area contributed by atoms with Gasteiger partial charge in [0.1, 0.15) is 11.5 Å². The van der Waals surface area contributed by atoms with Crippen molar-refractivity contribution in [3.63, 3.8) is 0 Å². The van der Waals surface area contributed by atoms with Crippen molar-refractivity contribution < 1.29 is 4.74 Å². The summed E-state index contributed by atoms with van der Waals surface area (Å²) in [5.41, 5.74) is 5.38. The smallest absolute Gasteiger partial charge is 0.129 e. The molecule has 0 spiro atoms. The van der Waals surface area contributed by atoms with E-state index in [4.69, 9.17) is 16.3 Å². The van der Waals surface area contributed by atoms with E-state index in [0.29, 0.717) is 0 Å². The van der Waals surface area contributed by atoms with Crippen LogP contribution in [0.15, 0.2) is 79.0 Å². The molecule has 0 atom stereocenters. The van der Waals surface area contributed by atoms with Gasteiger partial charge >= 0.3 is 0 Å². The monoisotopic (exact) mass is 430 g/mol. The molecule has 31 heavy (non-hydrogen) atoms. The van der Waals surface area contributed by atoms with Crippen LogP contribution in [0.2, 0.25) is 5.02 Å². The molecule has 4 heteroatoms. The van der Waals surface area contributed by atoms with Gasteiger partial charge in [-0.15, -0.1) is 0 Å². The van der Waals surface area contributed by atoms with Gasteiger partial charge in [-0.3, -0.25) is 0 Å². The Morgan fingerprint density at radius 3 is 2.48 bits per heavy atom. The second-order valence-corrected chi connectivity index (χ2v) is 8.98. The van der Waals surface area contributed by atoms with Crippen molar-refractivity contribution in [3.05, 3.63) is 101 Å². The summed E-state index contributed by atoms with van der Waals surface area (Å²) in [6.45, 7) is 1.84. The fourth-order valence-electron chi connectivity index (χ4n) is 4.22. The van der Waals surface area contributed by atoms with Crippen LogP contribution in [-0.2, 0) is 18.4 Å². The summed E-state index contributed by atoms with van der Waals surface area (Å²) in [6.07, 6.45) is 8.76. The van der Waals surface area contributed by atoms with Crippen LogP contribution < -0.4 is 15.4 Å². The Labute approximate surface area is 189 Å². The number of hydrogen-bond donors (Lipinski definition) is 2. The third kappa shape index (κ3) is 4.79. The zero-order chi connectivity index (χ0) is 21.1. The maximum atomic E-state index is 6.08. The lowest BCUT2D eigenvalue weighted by Gasteiger charge is -2.17. The number of halogens is 1. The number of allylic oxidation sites excluding steroid dienone is 1. The molecule has 0 unspecified atom stereocenters. The van der Waals surface area contributed by atoms with Crippen LogP contribution >= 0.6 is 11.6 Å². The molecule has 158 valence electrons. The molecule has 1 fully saturated rings. The van der Waals surface area contributed by atoms with Crippen LogP contribution in [0.5, 0.6) is 11.5 Å². The molecule has 0 saturated heterocycles. The zero-order valence-electron chi connectivity index (χ0n) is 17.5. The quantitative estimate of drug-likeness (QED) is 0.431. The number of fused-ring (bicyclic) bond motifs is 1. The second kappa shape index (κ2) is 8.78. The Bertz CT molecular complexity index is 1070. The summed E-state index contributed by atoms with van der Waals surface area (Å²) >= 11 is 6.04. The molecule has 0 amide bonds. The van der Waals surface area contributed by atoms with E-state index in [2.05, 4.69) is 53.1 Å². The highest BCUT2D eigenvalue weighted by Gasteiger charge is 2.43. The lowest BCUT2D eigenvalue weighted by atomic mass is 9.96. The number of ether oxygens (including phenoxy) is 1. The van der Waals surface area contributed by atoms with Gasteiger partial charge in [-0.2, -0.15) is 0 Å². The minimum Gasteiger partial charge on any atom is -0.457 e. The molecule has 1 aliphatic carbocycles. The number of aryl methyl sites for hydroxylation is 1. The molecular formula is C27H27ClN2O. The maximum absolute atomic E-state index is 6.08. The number of nitrogens with one attached hydrogen (secondary N) is 2. The van der Waals surface area contributed by atoms with Crippen LogP contribution in [0.1, 0.15) is 36.0 Å². The van der Waals surface area contributed by atoms with Gasteiger partial charge in [-0.25, -0.2) is 0 Å². The standard InChI is InChI=1S/C27H27ClN2O/c28-23-9-7-22(8-10-23)27(14-15-27)19-29-18-20-4-11-24(12-5-20)31-25-13-6-21-3-1-2-16-30-26(21)17-25/h2,4-13,16-17,29-30H,1,3,14-15,18-19H2. The molecule has 2 aliphatic rings. The molecule has 3 aromatic carbocycles. The molecular weight excluding hydrogens is 404 g/mol. The van der Waals surface area contributed by atoms with Gasteiger partial charge in [-0.1, -0.05) is 48.0 Å². The van der Waals surface area contributed by atoms with Crippen molar-refractivity contribution in [2.45, 2.75) is 37.6 Å². The van der Waals surface area contributed by atoms with Crippen LogP contribution in [0.3, 0.4) is 0 Å². The number of anilines is 1. The van der Waals surface area contributed by atoms with Crippen molar-refractivity contribution in [2.75, 3.05) is 11.9 Å². The first-order valence-corrected chi connectivity index (χ1v) is 11.4. The maximum Gasteiger partial charge on any atom is 0.129 e. The van der Waals surface area contributed by atoms with Gasteiger partial charge in [0, 0.05) is 35.3 Å². The first kappa shape index (κ1) is 20.2. The average molecular weight is 431 g/mol. The van der Waals surface area contributed by atoms with E-state index < -0.39 is 0 Å². The largest absolute Gasteiger partial charge is 0.457 e. The Morgan fingerprint density at radius 2 is 1.71 bits per heavy atom. The third-order valence-corrected chi connectivity index (χ3v) is 6.53. The molecule has 2 N–H and O–H groups in total. The number of benzene rings is 3. The highest BCUT2D eigenvalue weighted by Crippen LogP contribution is 2.47. The lowest BCUT2D eigenvalue weighted by molar-refractivity contribution is 0.482. The van der Waals surface area contributed by atoms with Gasteiger partial charge in [0.05, 0.1) is 0 Å². The second-order valence-electron chi connectivity index (χ2n) is 8.54. The molecule has 0 aromatic heterocycles. The summed E-state index contributed by atoms with van der Waals surface area (Å²) in [4.78, 5) is 0. The van der Waals surface area contributed by atoms with Crippen molar-refractivity contribution in [3.8, 4) is 11.5 Å². The summed E-state index contributed by atoms with van der Waals surface area (Å²) in [5, 5.41) is 7.78. The Morgan fingerprint density at radius 1 is 0.935 bits per heavy atom. The number of rotatable bonds is 7. The molecule has 3 aromatic rings. The van der Waals surface area contributed by atoms with E-state index in [1.54, 1.807) is 0 Å². The highest BCUT2D eigenvalue weighted by atomic mass is 35.5. The SMILES string of the molecule is Clc1ccc(C2(CNCc3ccc(Oc4ccc5c(c4)NC=CCC5)cc3)CC2)cc1. The molecule has 5 rings (SSSR count). The summed E-state index contributed by atoms with van der Waals surface area (Å²) in [6, 6.07) is 22.9. The zero-order valence-corrected chi connectivity index (χ0v) is 18.3. The Balaban J connectivity index is 1.16. The van der Waals surface area contributed by atoms with E-state index in [0.717, 1.165) is 48.1 Å². The van der Waals surface area contributed by atoms with Gasteiger partial charge < -0.3 is 15.4 Å². The van der Waals surface area contributed by atoms with Crippen LogP contribution in [0.25, 0.3) is 0 Å². The molecule has 0 radical (unpaired) electrons. The number of hydrogen-bond acceptors (Lipinski definition) is 3. The van der Waals surface area contributed by atoms with Crippen LogP contribution in [-0.4, -0.2) is 6.54 Å². The molecule has 1 saturated carbocycles. The average Bonchev–Trinajstić information content (AvgIpc) is 3.60. The third-order valence-electron chi connectivity index (χ3n) is 6.28. The minimum atomic E-state index is 0.280. The predicted octanol–water partition coefficient (Wildman–Crippen LogP) is 6.83. The van der Waals surface area contributed by atoms with E-state index in [1.807, 2.05) is 36.5 Å². The molecule has 0 bridgehead atoms. The predicted molar refractivity (Wildman–Crippen MR) is 128 cm³/mol. The molecule has 1 aliphatic heterocycles. The fraction of sp³-hybridized carbons (Fsp3) is 0.259. The minimum absolute atomic E-state index is 0.280. The van der Waals surface area contributed by atoms with Crippen molar-refractivity contribution >= 4 is 17.3 Å². The van der Waals surface area contributed by atoms with Crippen molar-refractivity contribution in [1.29, 1.82) is 0 Å². The highest BCUT2D eigenvalue weighted by molar-refractivity contribution is 6.30. The first-order valence-electron chi connectivity index (χ1n) is 11.0. The van der Waals surface area contributed by atoms with E-state index >= 15 is 0 Å². The van der Waals surface area contributed by atoms with Crippen molar-refractivity contribution in [1.82, 2.24) is 5.32 Å². The molecule has 3 nitrogen and oxygen atoms in total. The topological polar surface area (TPSA) is 33.3 Å². The Kier molecular flexibility index (Phi) is 5.71. The Hall–Kier alpha value is -2.75.